The Morgan fingerprint density at radius 2 is 2.00 bits per heavy atom. The monoisotopic (exact) mass is 301 g/mol. The molecule has 3 nitrogen and oxygen atoms in total. The van der Waals surface area contributed by atoms with Crippen molar-refractivity contribution in [2.75, 3.05) is 12.0 Å². The Hall–Kier alpha value is -1.63. The lowest BCUT2D eigenvalue weighted by Gasteiger charge is -2.08. The highest BCUT2D eigenvalue weighted by Gasteiger charge is 2.34. The summed E-state index contributed by atoms with van der Waals surface area (Å²) in [5, 5.41) is 4.12. The van der Waals surface area contributed by atoms with Gasteiger partial charge >= 0.3 is 6.18 Å². The summed E-state index contributed by atoms with van der Waals surface area (Å²) in [7, 11) is 0. The fourth-order valence-electron chi connectivity index (χ4n) is 1.82. The number of hydrogen-bond donors (Lipinski definition) is 1. The molecule has 1 heterocycles. The zero-order chi connectivity index (χ0) is 14.9. The molecule has 0 atom stereocenters. The second-order valence-electron chi connectivity index (χ2n) is 4.42. The van der Waals surface area contributed by atoms with Gasteiger partial charge in [-0.2, -0.15) is 18.3 Å². The van der Waals surface area contributed by atoms with Crippen LogP contribution < -0.4 is 5.73 Å². The van der Waals surface area contributed by atoms with E-state index in [4.69, 9.17) is 5.73 Å². The zero-order valence-electron chi connectivity index (χ0n) is 11.0. The molecule has 0 saturated carbocycles. The molecule has 1 aromatic heterocycles. The first-order valence-electron chi connectivity index (χ1n) is 5.85. The minimum Gasteiger partial charge on any atom is -0.399 e. The number of nitrogens with zero attached hydrogens (tertiary/aromatic N) is 2. The second-order valence-corrected chi connectivity index (χ2v) is 5.24. The summed E-state index contributed by atoms with van der Waals surface area (Å²) in [6.07, 6.45) is -2.70. The number of benzene rings is 1. The van der Waals surface area contributed by atoms with Gasteiger partial charge in [0.2, 0.25) is 0 Å². The third kappa shape index (κ3) is 3.09. The number of nitrogens with two attached hydrogens (primary N) is 1. The lowest BCUT2D eigenvalue weighted by molar-refractivity contribution is -0.141. The van der Waals surface area contributed by atoms with Crippen LogP contribution in [0.25, 0.3) is 0 Å². The number of nitrogen functional groups attached to an aromatic ring is 1. The molecular formula is C13H14F3N3S. The topological polar surface area (TPSA) is 43.8 Å². The average Bonchev–Trinajstić information content (AvgIpc) is 2.77. The van der Waals surface area contributed by atoms with Crippen LogP contribution in [0, 0.1) is 6.92 Å². The predicted molar refractivity (Wildman–Crippen MR) is 73.7 cm³/mol. The van der Waals surface area contributed by atoms with Crippen LogP contribution >= 0.6 is 11.8 Å². The van der Waals surface area contributed by atoms with Crippen molar-refractivity contribution in [3.8, 4) is 0 Å². The number of alkyl halides is 3. The van der Waals surface area contributed by atoms with E-state index in [1.165, 1.54) is 16.4 Å². The van der Waals surface area contributed by atoms with Crippen LogP contribution in [0.3, 0.4) is 0 Å². The van der Waals surface area contributed by atoms with E-state index in [2.05, 4.69) is 5.10 Å². The summed E-state index contributed by atoms with van der Waals surface area (Å²) < 4.78 is 39.4. The molecule has 0 saturated heterocycles. The number of aromatic nitrogens is 2. The third-order valence-electron chi connectivity index (χ3n) is 2.91. The molecule has 0 amide bonds. The van der Waals surface area contributed by atoms with Crippen LogP contribution in [-0.4, -0.2) is 16.0 Å². The molecule has 0 unspecified atom stereocenters. The number of halogens is 3. The highest BCUT2D eigenvalue weighted by molar-refractivity contribution is 7.98. The Balaban J connectivity index is 2.32. The Kier molecular flexibility index (Phi) is 3.99. The van der Waals surface area contributed by atoms with Gasteiger partial charge in [0, 0.05) is 11.8 Å². The first-order chi connectivity index (χ1) is 9.31. The van der Waals surface area contributed by atoms with E-state index < -0.39 is 11.9 Å². The van der Waals surface area contributed by atoms with E-state index in [-0.39, 0.29) is 6.54 Å². The fraction of sp³-hybridized carbons (Fsp3) is 0.308. The van der Waals surface area contributed by atoms with Gasteiger partial charge in [-0.1, -0.05) is 12.1 Å². The quantitative estimate of drug-likeness (QED) is 0.696. The highest BCUT2D eigenvalue weighted by atomic mass is 32.2. The molecule has 7 heteroatoms. The van der Waals surface area contributed by atoms with Gasteiger partial charge in [0.1, 0.15) is 0 Å². The molecule has 2 rings (SSSR count). The van der Waals surface area contributed by atoms with Gasteiger partial charge in [-0.25, -0.2) is 0 Å². The van der Waals surface area contributed by atoms with Gasteiger partial charge in [0.05, 0.1) is 11.6 Å². The third-order valence-corrected chi connectivity index (χ3v) is 3.66. The number of rotatable bonds is 3. The van der Waals surface area contributed by atoms with Crippen LogP contribution in [-0.2, 0) is 12.7 Å². The van der Waals surface area contributed by atoms with E-state index >= 15 is 0 Å². The normalized spacial score (nSPS) is 11.8. The van der Waals surface area contributed by atoms with E-state index in [1.54, 1.807) is 18.4 Å². The molecular weight excluding hydrogens is 287 g/mol. The molecule has 1 aromatic carbocycles. The van der Waals surface area contributed by atoms with Crippen LogP contribution in [0.15, 0.2) is 29.3 Å². The van der Waals surface area contributed by atoms with E-state index in [9.17, 15) is 13.2 Å². The first kappa shape index (κ1) is 14.8. The van der Waals surface area contributed by atoms with Crippen LogP contribution in [0.4, 0.5) is 18.9 Å². The predicted octanol–water partition coefficient (Wildman–Crippen LogP) is 3.56. The lowest BCUT2D eigenvalue weighted by Crippen LogP contribution is -2.09. The van der Waals surface area contributed by atoms with Crippen molar-refractivity contribution >= 4 is 17.4 Å². The molecule has 0 aliphatic carbocycles. The zero-order valence-corrected chi connectivity index (χ0v) is 11.8. The molecule has 108 valence electrons. The first-order valence-corrected chi connectivity index (χ1v) is 7.08. The summed E-state index contributed by atoms with van der Waals surface area (Å²) in [5.74, 6) is 0. The maximum Gasteiger partial charge on any atom is 0.435 e. The number of thioether (sulfide) groups is 1. The van der Waals surface area contributed by atoms with Crippen molar-refractivity contribution in [2.45, 2.75) is 24.7 Å². The Morgan fingerprint density at radius 3 is 2.55 bits per heavy atom. The van der Waals surface area contributed by atoms with Gasteiger partial charge in [-0.15, -0.1) is 11.8 Å². The van der Waals surface area contributed by atoms with Crippen LogP contribution in [0.2, 0.25) is 0 Å². The number of anilines is 1. The van der Waals surface area contributed by atoms with Crippen molar-refractivity contribution in [1.29, 1.82) is 0 Å². The SMILES string of the molecule is CSc1cc(C(F)(F)F)nn1Cc1ccc(N)c(C)c1. The largest absolute Gasteiger partial charge is 0.435 e. The van der Waals surface area contributed by atoms with Gasteiger partial charge < -0.3 is 5.73 Å². The van der Waals surface area contributed by atoms with Crippen molar-refractivity contribution < 1.29 is 13.2 Å². The number of aryl methyl sites for hydroxylation is 1. The summed E-state index contributed by atoms with van der Waals surface area (Å²) in [5.41, 5.74) is 7.28. The van der Waals surface area contributed by atoms with E-state index in [0.717, 1.165) is 17.2 Å². The summed E-state index contributed by atoms with van der Waals surface area (Å²) in [4.78, 5) is 0. The maximum atomic E-state index is 12.7. The average molecular weight is 301 g/mol. The van der Waals surface area contributed by atoms with Gasteiger partial charge in [0.25, 0.3) is 0 Å². The Labute approximate surface area is 119 Å². The molecule has 0 radical (unpaired) electrons. The minimum absolute atomic E-state index is 0.285. The lowest BCUT2D eigenvalue weighted by atomic mass is 10.1. The van der Waals surface area contributed by atoms with Crippen LogP contribution in [0.5, 0.6) is 0 Å². The van der Waals surface area contributed by atoms with Gasteiger partial charge in [-0.05, 0) is 30.4 Å². The Morgan fingerprint density at radius 1 is 1.30 bits per heavy atom. The molecule has 20 heavy (non-hydrogen) atoms. The molecule has 0 fully saturated rings. The molecule has 2 aromatic rings. The van der Waals surface area contributed by atoms with Crippen LogP contribution in [0.1, 0.15) is 16.8 Å². The van der Waals surface area contributed by atoms with Crippen molar-refractivity contribution in [3.63, 3.8) is 0 Å². The standard InChI is InChI=1S/C13H14F3N3S/c1-8-5-9(3-4-10(8)17)7-19-12(20-2)6-11(18-19)13(14,15)16/h3-6H,7,17H2,1-2H3. The van der Waals surface area contributed by atoms with E-state index in [0.29, 0.717) is 10.7 Å². The van der Waals surface area contributed by atoms with Crippen molar-refractivity contribution in [1.82, 2.24) is 9.78 Å². The highest BCUT2D eigenvalue weighted by Crippen LogP contribution is 2.31. The molecule has 0 spiro atoms. The smallest absolute Gasteiger partial charge is 0.399 e. The minimum atomic E-state index is -4.42. The van der Waals surface area contributed by atoms with Crippen molar-refractivity contribution in [2.24, 2.45) is 0 Å². The molecule has 0 aliphatic heterocycles. The van der Waals surface area contributed by atoms with E-state index in [1.807, 2.05) is 13.0 Å². The summed E-state index contributed by atoms with van der Waals surface area (Å²) in [6.45, 7) is 2.14. The van der Waals surface area contributed by atoms with Gasteiger partial charge in [0.15, 0.2) is 5.69 Å². The summed E-state index contributed by atoms with van der Waals surface area (Å²) in [6, 6.07) is 6.46. The van der Waals surface area contributed by atoms with Crippen molar-refractivity contribution in [3.05, 3.63) is 41.1 Å². The van der Waals surface area contributed by atoms with Gasteiger partial charge in [-0.3, -0.25) is 4.68 Å². The second kappa shape index (κ2) is 5.40. The Bertz CT molecular complexity index is 620. The summed E-state index contributed by atoms with van der Waals surface area (Å²) >= 11 is 1.23. The number of hydrogen-bond acceptors (Lipinski definition) is 3. The molecule has 2 N–H and O–H groups in total. The molecule has 0 bridgehead atoms. The fourth-order valence-corrected chi connectivity index (χ4v) is 2.37. The maximum absolute atomic E-state index is 12.7. The molecule has 0 aliphatic rings.